The van der Waals surface area contributed by atoms with Crippen LogP contribution in [0.2, 0.25) is 0 Å². The van der Waals surface area contributed by atoms with Gasteiger partial charge in [-0.3, -0.25) is 0 Å². The van der Waals surface area contributed by atoms with Crippen molar-refractivity contribution in [2.24, 2.45) is 5.92 Å². The number of nitrogens with zero attached hydrogens (tertiary/aromatic N) is 1. The summed E-state index contributed by atoms with van der Waals surface area (Å²) in [6.07, 6.45) is 5.67. The Balaban J connectivity index is 1.88. The van der Waals surface area contributed by atoms with Crippen molar-refractivity contribution >= 4 is 23.7 Å². The lowest BCUT2D eigenvalue weighted by Gasteiger charge is -2.29. The van der Waals surface area contributed by atoms with Crippen molar-refractivity contribution in [3.05, 3.63) is 30.0 Å². The molecule has 6 heteroatoms. The zero-order valence-corrected chi connectivity index (χ0v) is 11.0. The number of aromatic amines is 1. The van der Waals surface area contributed by atoms with Crippen molar-refractivity contribution in [2.45, 2.75) is 12.8 Å². The normalized spacial score (nSPS) is 22.4. The van der Waals surface area contributed by atoms with Gasteiger partial charge in [0, 0.05) is 29.7 Å². The minimum Gasteiger partial charge on any atom is -0.531 e. The number of hydrogen-bond acceptors (Lipinski definition) is 4. The number of fused-ring (bicyclic) bond motifs is 3. The zero-order chi connectivity index (χ0) is 13.5. The molecule has 4 rings (SSSR count). The van der Waals surface area contributed by atoms with E-state index >= 15 is 0 Å². The molecule has 0 aliphatic carbocycles. The Bertz CT molecular complexity index is 676. The lowest BCUT2D eigenvalue weighted by Crippen LogP contribution is -2.28. The van der Waals surface area contributed by atoms with Crippen molar-refractivity contribution in [3.63, 3.8) is 0 Å². The summed E-state index contributed by atoms with van der Waals surface area (Å²) in [5.74, 6) is 2.75. The molecule has 2 aliphatic heterocycles. The molecule has 2 aliphatic rings. The lowest BCUT2D eigenvalue weighted by molar-refractivity contribution is 0.0740. The second kappa shape index (κ2) is 4.65. The first-order valence-corrected chi connectivity index (χ1v) is 6.93. The highest BCUT2D eigenvalue weighted by Crippen LogP contribution is 2.41. The van der Waals surface area contributed by atoms with Gasteiger partial charge in [-0.2, -0.15) is 0 Å². The Hall–Kier alpha value is -1.79. The SMILES string of the molecule is OB1C=C([C@H]2CCCOC2)c2c(cnc3[nH]ccc23)O1. The van der Waals surface area contributed by atoms with Crippen molar-refractivity contribution < 1.29 is 14.4 Å². The van der Waals surface area contributed by atoms with E-state index in [1.165, 1.54) is 0 Å². The molecule has 0 saturated carbocycles. The monoisotopic (exact) mass is 270 g/mol. The fourth-order valence-electron chi connectivity index (χ4n) is 3.10. The quantitative estimate of drug-likeness (QED) is 0.775. The van der Waals surface area contributed by atoms with Crippen LogP contribution >= 0.6 is 0 Å². The summed E-state index contributed by atoms with van der Waals surface area (Å²) in [6, 6.07) is 2.00. The van der Waals surface area contributed by atoms with Crippen molar-refractivity contribution in [1.82, 2.24) is 9.97 Å². The average molecular weight is 270 g/mol. The number of H-pyrrole nitrogens is 1. The Kier molecular flexibility index (Phi) is 2.79. The highest BCUT2D eigenvalue weighted by molar-refractivity contribution is 6.52. The Morgan fingerprint density at radius 3 is 3.25 bits per heavy atom. The maximum Gasteiger partial charge on any atom is 0.552 e. The van der Waals surface area contributed by atoms with Crippen LogP contribution in [0.25, 0.3) is 16.6 Å². The summed E-state index contributed by atoms with van der Waals surface area (Å²) >= 11 is 0. The highest BCUT2D eigenvalue weighted by Gasteiger charge is 2.31. The number of ether oxygens (including phenoxy) is 1. The Morgan fingerprint density at radius 1 is 1.45 bits per heavy atom. The first-order valence-electron chi connectivity index (χ1n) is 6.93. The first-order chi connectivity index (χ1) is 9.83. The molecule has 2 aromatic heterocycles. The van der Waals surface area contributed by atoms with Crippen LogP contribution in [0.4, 0.5) is 0 Å². The van der Waals surface area contributed by atoms with Gasteiger partial charge in [-0.15, -0.1) is 0 Å². The number of rotatable bonds is 1. The van der Waals surface area contributed by atoms with E-state index in [1.54, 1.807) is 12.2 Å². The molecule has 1 atom stereocenters. The maximum atomic E-state index is 9.90. The van der Waals surface area contributed by atoms with Crippen molar-refractivity contribution in [1.29, 1.82) is 0 Å². The summed E-state index contributed by atoms with van der Waals surface area (Å²) in [4.78, 5) is 7.44. The highest BCUT2D eigenvalue weighted by atomic mass is 16.5. The molecule has 20 heavy (non-hydrogen) atoms. The van der Waals surface area contributed by atoms with Gasteiger partial charge in [0.2, 0.25) is 0 Å². The standard InChI is InChI=1S/C14H15BN2O3/c18-15-6-11(9-2-1-5-19-8-9)13-10-3-4-16-14(10)17-7-12(13)20-15/h3-4,6-7,9,18H,1-2,5,8H2,(H,16,17)/t9-/m0/s1. The molecule has 2 N–H and O–H groups in total. The molecule has 4 heterocycles. The van der Waals surface area contributed by atoms with Gasteiger partial charge < -0.3 is 19.4 Å². The summed E-state index contributed by atoms with van der Waals surface area (Å²) < 4.78 is 11.1. The van der Waals surface area contributed by atoms with Gasteiger partial charge in [0.1, 0.15) is 11.4 Å². The van der Waals surface area contributed by atoms with Gasteiger partial charge in [-0.05, 0) is 30.5 Å². The van der Waals surface area contributed by atoms with Crippen LogP contribution in [-0.4, -0.2) is 35.3 Å². The van der Waals surface area contributed by atoms with Crippen LogP contribution in [0.5, 0.6) is 5.75 Å². The smallest absolute Gasteiger partial charge is 0.531 e. The molecule has 5 nitrogen and oxygen atoms in total. The van der Waals surface area contributed by atoms with E-state index in [1.807, 2.05) is 12.3 Å². The van der Waals surface area contributed by atoms with E-state index in [0.717, 1.165) is 41.6 Å². The molecule has 0 bridgehead atoms. The van der Waals surface area contributed by atoms with E-state index in [-0.39, 0.29) is 0 Å². The number of aromatic nitrogens is 2. The predicted molar refractivity (Wildman–Crippen MR) is 76.2 cm³/mol. The van der Waals surface area contributed by atoms with Crippen molar-refractivity contribution in [3.8, 4) is 5.75 Å². The third-order valence-corrected chi connectivity index (χ3v) is 4.01. The van der Waals surface area contributed by atoms with E-state index in [4.69, 9.17) is 9.39 Å². The summed E-state index contributed by atoms with van der Waals surface area (Å²) in [6.45, 7) is 1.53. The second-order valence-corrected chi connectivity index (χ2v) is 5.28. The fraction of sp³-hybridized carbons (Fsp3) is 0.357. The number of hydrogen-bond donors (Lipinski definition) is 2. The maximum absolute atomic E-state index is 9.90. The lowest BCUT2D eigenvalue weighted by atomic mass is 9.76. The summed E-state index contributed by atoms with van der Waals surface area (Å²) in [5.41, 5.74) is 2.99. The minimum absolute atomic E-state index is 0.307. The van der Waals surface area contributed by atoms with Crippen LogP contribution < -0.4 is 4.65 Å². The van der Waals surface area contributed by atoms with Gasteiger partial charge >= 0.3 is 7.12 Å². The number of pyridine rings is 1. The molecule has 1 saturated heterocycles. The molecular weight excluding hydrogens is 255 g/mol. The van der Waals surface area contributed by atoms with Gasteiger partial charge in [-0.1, -0.05) is 0 Å². The van der Waals surface area contributed by atoms with Gasteiger partial charge in [-0.25, -0.2) is 4.98 Å². The van der Waals surface area contributed by atoms with Crippen LogP contribution in [0.1, 0.15) is 18.4 Å². The van der Waals surface area contributed by atoms with Crippen LogP contribution in [0, 0.1) is 5.92 Å². The van der Waals surface area contributed by atoms with Crippen molar-refractivity contribution in [2.75, 3.05) is 13.2 Å². The molecule has 0 amide bonds. The fourth-order valence-corrected chi connectivity index (χ4v) is 3.10. The molecule has 2 aromatic rings. The third kappa shape index (κ3) is 1.84. The summed E-state index contributed by atoms with van der Waals surface area (Å²) in [5, 5.41) is 10.9. The first kappa shape index (κ1) is 12.0. The summed E-state index contributed by atoms with van der Waals surface area (Å²) in [7, 11) is -0.905. The van der Waals surface area contributed by atoms with E-state index in [2.05, 4.69) is 9.97 Å². The number of nitrogens with one attached hydrogen (secondary N) is 1. The predicted octanol–water partition coefficient (Wildman–Crippen LogP) is 1.78. The second-order valence-electron chi connectivity index (χ2n) is 5.28. The van der Waals surface area contributed by atoms with E-state index in [0.29, 0.717) is 18.3 Å². The average Bonchev–Trinajstić information content (AvgIpc) is 2.95. The van der Waals surface area contributed by atoms with Gasteiger partial charge in [0.15, 0.2) is 0 Å². The van der Waals surface area contributed by atoms with Crippen LogP contribution in [-0.2, 0) is 4.74 Å². The Morgan fingerprint density at radius 2 is 2.40 bits per heavy atom. The van der Waals surface area contributed by atoms with Crippen LogP contribution in [0.3, 0.4) is 0 Å². The molecule has 0 aromatic carbocycles. The topological polar surface area (TPSA) is 67.4 Å². The zero-order valence-electron chi connectivity index (χ0n) is 11.0. The van der Waals surface area contributed by atoms with Gasteiger partial charge in [0.25, 0.3) is 0 Å². The largest absolute Gasteiger partial charge is 0.552 e. The molecule has 0 unspecified atom stereocenters. The van der Waals surface area contributed by atoms with Gasteiger partial charge in [0.05, 0.1) is 12.8 Å². The molecular formula is C14H15BN2O3. The van der Waals surface area contributed by atoms with E-state index in [9.17, 15) is 5.02 Å². The van der Waals surface area contributed by atoms with Crippen LogP contribution in [0.15, 0.2) is 24.4 Å². The third-order valence-electron chi connectivity index (χ3n) is 4.01. The molecule has 0 radical (unpaired) electrons. The van der Waals surface area contributed by atoms with E-state index < -0.39 is 7.12 Å². The molecule has 1 fully saturated rings. The Labute approximate surface area is 116 Å². The molecule has 102 valence electrons. The minimum atomic E-state index is -0.905. The molecule has 0 spiro atoms.